The Labute approximate surface area is 142 Å². The van der Waals surface area contributed by atoms with Gasteiger partial charge in [0.1, 0.15) is 17.9 Å². The van der Waals surface area contributed by atoms with Crippen molar-refractivity contribution < 1.29 is 19.2 Å². The largest absolute Gasteiger partial charge is 0.454 e. The van der Waals surface area contributed by atoms with E-state index in [2.05, 4.69) is 15.6 Å². The maximum Gasteiger partial charge on any atom is 0.312 e. The second-order valence-electron chi connectivity index (χ2n) is 5.34. The summed E-state index contributed by atoms with van der Waals surface area (Å²) in [5.41, 5.74) is 3.58. The van der Waals surface area contributed by atoms with Crippen molar-refractivity contribution in [2.75, 3.05) is 6.79 Å². The van der Waals surface area contributed by atoms with Crippen molar-refractivity contribution in [2.45, 2.75) is 20.4 Å². The number of hydrogen-bond acceptors (Lipinski definition) is 7. The average molecular weight is 345 g/mol. The van der Waals surface area contributed by atoms with Gasteiger partial charge in [0, 0.05) is 0 Å². The van der Waals surface area contributed by atoms with Gasteiger partial charge in [0.2, 0.25) is 6.79 Å². The van der Waals surface area contributed by atoms with E-state index in [9.17, 15) is 14.9 Å². The molecule has 1 amide bonds. The van der Waals surface area contributed by atoms with Crippen LogP contribution in [0, 0.1) is 24.0 Å². The van der Waals surface area contributed by atoms with Crippen molar-refractivity contribution >= 4 is 17.8 Å². The van der Waals surface area contributed by atoms with E-state index in [1.165, 1.54) is 17.8 Å². The number of aromatic nitrogens is 2. The summed E-state index contributed by atoms with van der Waals surface area (Å²) in [5.74, 6) is 0.829. The van der Waals surface area contributed by atoms with Crippen molar-refractivity contribution in [3.8, 4) is 11.5 Å². The maximum atomic E-state index is 11.9. The van der Waals surface area contributed by atoms with Crippen molar-refractivity contribution in [3.05, 3.63) is 45.3 Å². The monoisotopic (exact) mass is 345 g/mol. The number of ether oxygens (including phenoxy) is 2. The van der Waals surface area contributed by atoms with Crippen LogP contribution >= 0.6 is 0 Å². The molecular formula is C15H15N5O5. The van der Waals surface area contributed by atoms with Gasteiger partial charge >= 0.3 is 5.69 Å². The number of carbonyl (C=O) groups is 1. The Kier molecular flexibility index (Phi) is 4.33. The third-order valence-electron chi connectivity index (χ3n) is 3.62. The van der Waals surface area contributed by atoms with Gasteiger partial charge in [-0.2, -0.15) is 10.2 Å². The topological polar surface area (TPSA) is 121 Å². The highest BCUT2D eigenvalue weighted by Gasteiger charge is 2.22. The first-order valence-electron chi connectivity index (χ1n) is 7.35. The van der Waals surface area contributed by atoms with Gasteiger partial charge in [0.05, 0.1) is 11.1 Å². The molecule has 0 bridgehead atoms. The van der Waals surface area contributed by atoms with Crippen LogP contribution < -0.4 is 14.9 Å². The number of hydrazone groups is 1. The van der Waals surface area contributed by atoms with Crippen molar-refractivity contribution in [1.82, 2.24) is 15.2 Å². The maximum absolute atomic E-state index is 11.9. The zero-order valence-electron chi connectivity index (χ0n) is 13.6. The van der Waals surface area contributed by atoms with Crippen LogP contribution in [-0.2, 0) is 11.3 Å². The Bertz CT molecular complexity index is 873. The Hall–Kier alpha value is -3.43. The molecule has 0 saturated heterocycles. The number of hydrogen-bond donors (Lipinski definition) is 1. The number of aryl methyl sites for hydroxylation is 1. The first kappa shape index (κ1) is 16.4. The molecule has 0 atom stereocenters. The fraction of sp³-hybridized carbons (Fsp3) is 0.267. The van der Waals surface area contributed by atoms with Crippen molar-refractivity contribution in [2.24, 2.45) is 5.10 Å². The second-order valence-corrected chi connectivity index (χ2v) is 5.34. The fourth-order valence-electron chi connectivity index (χ4n) is 2.45. The minimum absolute atomic E-state index is 0.0864. The first-order chi connectivity index (χ1) is 12.0. The Morgan fingerprint density at radius 3 is 2.92 bits per heavy atom. The molecule has 1 N–H and O–H groups in total. The molecule has 1 aliphatic rings. The first-order valence-corrected chi connectivity index (χ1v) is 7.35. The van der Waals surface area contributed by atoms with Gasteiger partial charge < -0.3 is 9.47 Å². The van der Waals surface area contributed by atoms with E-state index in [0.717, 1.165) is 5.56 Å². The van der Waals surface area contributed by atoms with E-state index in [4.69, 9.17) is 9.47 Å². The molecule has 130 valence electrons. The standard InChI is InChI=1S/C15H15N5O5/c1-9-15(20(22)23)10(2)19(18-9)7-14(21)17-16-6-11-3-4-12-13(5-11)25-8-24-12/h3-6H,7-8H2,1-2H3,(H,17,21)/b16-6+. The lowest BCUT2D eigenvalue weighted by Crippen LogP contribution is -2.24. The summed E-state index contributed by atoms with van der Waals surface area (Å²) in [4.78, 5) is 22.4. The number of carbonyl (C=O) groups excluding carboxylic acids is 1. The lowest BCUT2D eigenvalue weighted by Gasteiger charge is -2.02. The summed E-state index contributed by atoms with van der Waals surface area (Å²) in [7, 11) is 0. The third kappa shape index (κ3) is 3.42. The quantitative estimate of drug-likeness (QED) is 0.495. The van der Waals surface area contributed by atoms with E-state index in [1.54, 1.807) is 25.1 Å². The zero-order valence-corrected chi connectivity index (χ0v) is 13.6. The average Bonchev–Trinajstić information content (AvgIpc) is 3.11. The molecule has 0 unspecified atom stereocenters. The number of fused-ring (bicyclic) bond motifs is 1. The lowest BCUT2D eigenvalue weighted by atomic mass is 10.2. The minimum Gasteiger partial charge on any atom is -0.454 e. The summed E-state index contributed by atoms with van der Waals surface area (Å²) in [6.07, 6.45) is 1.46. The number of nitrogens with one attached hydrogen (secondary N) is 1. The molecule has 10 nitrogen and oxygen atoms in total. The molecule has 2 aromatic rings. The smallest absolute Gasteiger partial charge is 0.312 e. The Morgan fingerprint density at radius 1 is 1.44 bits per heavy atom. The Morgan fingerprint density at radius 2 is 2.20 bits per heavy atom. The fourth-order valence-corrected chi connectivity index (χ4v) is 2.45. The van der Waals surface area contributed by atoms with E-state index in [1.807, 2.05) is 0 Å². The normalized spacial score (nSPS) is 12.6. The van der Waals surface area contributed by atoms with E-state index >= 15 is 0 Å². The number of amides is 1. The number of nitro groups is 1. The molecule has 1 aromatic heterocycles. The van der Waals surface area contributed by atoms with Crippen molar-refractivity contribution in [1.29, 1.82) is 0 Å². The van der Waals surface area contributed by atoms with E-state index in [0.29, 0.717) is 17.2 Å². The summed E-state index contributed by atoms with van der Waals surface area (Å²) < 4.78 is 11.7. The van der Waals surface area contributed by atoms with Crippen LogP contribution in [0.5, 0.6) is 11.5 Å². The van der Waals surface area contributed by atoms with E-state index in [-0.39, 0.29) is 24.7 Å². The van der Waals surface area contributed by atoms with Crippen LogP contribution in [0.15, 0.2) is 23.3 Å². The molecular weight excluding hydrogens is 330 g/mol. The zero-order chi connectivity index (χ0) is 18.0. The number of nitrogens with zero attached hydrogens (tertiary/aromatic N) is 4. The lowest BCUT2D eigenvalue weighted by molar-refractivity contribution is -0.386. The van der Waals surface area contributed by atoms with Gasteiger partial charge in [0.15, 0.2) is 11.5 Å². The van der Waals surface area contributed by atoms with Gasteiger partial charge in [-0.15, -0.1) is 0 Å². The molecule has 0 saturated carbocycles. The third-order valence-corrected chi connectivity index (χ3v) is 3.62. The predicted molar refractivity (Wildman–Crippen MR) is 86.7 cm³/mol. The van der Waals surface area contributed by atoms with Gasteiger partial charge in [-0.3, -0.25) is 19.6 Å². The summed E-state index contributed by atoms with van der Waals surface area (Å²) in [5, 5.41) is 18.8. The molecule has 0 spiro atoms. The molecule has 0 fully saturated rings. The van der Waals surface area contributed by atoms with Gasteiger partial charge in [-0.05, 0) is 37.6 Å². The summed E-state index contributed by atoms with van der Waals surface area (Å²) >= 11 is 0. The molecule has 10 heteroatoms. The molecule has 3 rings (SSSR count). The van der Waals surface area contributed by atoms with Crippen LogP contribution in [0.25, 0.3) is 0 Å². The molecule has 0 radical (unpaired) electrons. The molecule has 25 heavy (non-hydrogen) atoms. The molecule has 0 aliphatic carbocycles. The van der Waals surface area contributed by atoms with Gasteiger partial charge in [0.25, 0.3) is 5.91 Å². The molecule has 2 heterocycles. The van der Waals surface area contributed by atoms with Gasteiger partial charge in [-0.1, -0.05) is 0 Å². The summed E-state index contributed by atoms with van der Waals surface area (Å²) in [6, 6.07) is 5.26. The molecule has 1 aromatic carbocycles. The molecule has 1 aliphatic heterocycles. The van der Waals surface area contributed by atoms with Gasteiger partial charge in [-0.25, -0.2) is 5.43 Å². The highest BCUT2D eigenvalue weighted by molar-refractivity contribution is 5.83. The number of benzene rings is 1. The second kappa shape index (κ2) is 6.59. The van der Waals surface area contributed by atoms with Crippen LogP contribution in [0.4, 0.5) is 5.69 Å². The minimum atomic E-state index is -0.510. The SMILES string of the molecule is Cc1nn(CC(=O)N/N=C/c2ccc3c(c2)OCO3)c(C)c1[N+](=O)[O-]. The van der Waals surface area contributed by atoms with Crippen LogP contribution in [0.1, 0.15) is 17.0 Å². The van der Waals surface area contributed by atoms with Crippen LogP contribution in [0.3, 0.4) is 0 Å². The van der Waals surface area contributed by atoms with Crippen LogP contribution in [0.2, 0.25) is 0 Å². The van der Waals surface area contributed by atoms with Crippen molar-refractivity contribution in [3.63, 3.8) is 0 Å². The van der Waals surface area contributed by atoms with Crippen LogP contribution in [-0.4, -0.2) is 33.6 Å². The highest BCUT2D eigenvalue weighted by Crippen LogP contribution is 2.31. The highest BCUT2D eigenvalue weighted by atomic mass is 16.7. The van der Waals surface area contributed by atoms with E-state index < -0.39 is 10.8 Å². The Balaban J connectivity index is 1.62. The predicted octanol–water partition coefficient (Wildman–Crippen LogP) is 1.29. The summed E-state index contributed by atoms with van der Waals surface area (Å²) in [6.45, 7) is 3.08. The number of rotatable bonds is 5.